The molecule has 2 N–H and O–H groups in total. The fourth-order valence-electron chi connectivity index (χ4n) is 4.57. The van der Waals surface area contributed by atoms with Gasteiger partial charge in [-0.1, -0.05) is 19.3 Å². The number of amides is 1. The standard InChI is InChI=1S/C22H27N5O/c1-24-19-8-7-15(13-23)11-20(19)26-22(28)17-9-10-27-18(12-17)14-25-21(27)16-5-3-2-4-6-16/h7-8,11,14,16-17,24H,2-6,9-10,12H2,1H3,(H,26,28). The van der Waals surface area contributed by atoms with Crippen LogP contribution in [0.2, 0.25) is 0 Å². The average molecular weight is 377 g/mol. The summed E-state index contributed by atoms with van der Waals surface area (Å²) >= 11 is 0. The zero-order chi connectivity index (χ0) is 19.5. The van der Waals surface area contributed by atoms with Gasteiger partial charge >= 0.3 is 0 Å². The summed E-state index contributed by atoms with van der Waals surface area (Å²) < 4.78 is 2.36. The Balaban J connectivity index is 1.47. The summed E-state index contributed by atoms with van der Waals surface area (Å²) in [6.07, 6.45) is 9.93. The second-order valence-electron chi connectivity index (χ2n) is 7.90. The van der Waals surface area contributed by atoms with Gasteiger partial charge in [-0.2, -0.15) is 5.26 Å². The predicted molar refractivity (Wildman–Crippen MR) is 109 cm³/mol. The van der Waals surface area contributed by atoms with Gasteiger partial charge in [0, 0.05) is 43.7 Å². The van der Waals surface area contributed by atoms with Gasteiger partial charge in [-0.25, -0.2) is 4.98 Å². The Morgan fingerprint density at radius 3 is 2.79 bits per heavy atom. The molecule has 4 rings (SSSR count). The number of benzene rings is 1. The molecule has 1 saturated carbocycles. The number of nitriles is 1. The first-order valence-electron chi connectivity index (χ1n) is 10.3. The van der Waals surface area contributed by atoms with Gasteiger partial charge in [0.1, 0.15) is 5.82 Å². The Hall–Kier alpha value is -2.81. The summed E-state index contributed by atoms with van der Waals surface area (Å²) in [5.74, 6) is 1.75. The van der Waals surface area contributed by atoms with Gasteiger partial charge in [-0.15, -0.1) is 0 Å². The molecule has 1 aliphatic carbocycles. The SMILES string of the molecule is CNc1ccc(C#N)cc1NC(=O)C1CCn2c(cnc2C2CCCCC2)C1. The molecule has 6 nitrogen and oxygen atoms in total. The molecule has 0 saturated heterocycles. The third-order valence-electron chi connectivity index (χ3n) is 6.14. The molecule has 6 heteroatoms. The zero-order valence-corrected chi connectivity index (χ0v) is 16.4. The summed E-state index contributed by atoms with van der Waals surface area (Å²) in [6, 6.07) is 7.41. The normalized spacial score (nSPS) is 19.5. The molecule has 2 aliphatic rings. The van der Waals surface area contributed by atoms with Crippen LogP contribution in [0.3, 0.4) is 0 Å². The minimum absolute atomic E-state index is 0.0123. The van der Waals surface area contributed by atoms with Crippen LogP contribution in [0.5, 0.6) is 0 Å². The minimum atomic E-state index is -0.0705. The van der Waals surface area contributed by atoms with Crippen molar-refractivity contribution in [1.29, 1.82) is 5.26 Å². The monoisotopic (exact) mass is 377 g/mol. The van der Waals surface area contributed by atoms with Crippen LogP contribution in [0.25, 0.3) is 0 Å². The summed E-state index contributed by atoms with van der Waals surface area (Å²) in [4.78, 5) is 17.6. The number of fused-ring (bicyclic) bond motifs is 1. The summed E-state index contributed by atoms with van der Waals surface area (Å²) in [6.45, 7) is 0.858. The van der Waals surface area contributed by atoms with Crippen LogP contribution < -0.4 is 10.6 Å². The third kappa shape index (κ3) is 3.62. The fraction of sp³-hybridized carbons (Fsp3) is 0.500. The number of imidazole rings is 1. The molecule has 1 aromatic heterocycles. The number of carbonyl (C=O) groups is 1. The molecule has 1 fully saturated rings. The van der Waals surface area contributed by atoms with E-state index in [1.165, 1.54) is 43.6 Å². The molecule has 0 bridgehead atoms. The number of nitrogens with one attached hydrogen (secondary N) is 2. The number of carbonyl (C=O) groups excluding carboxylic acids is 1. The Kier molecular flexibility index (Phi) is 5.34. The van der Waals surface area contributed by atoms with Crippen LogP contribution in [0.4, 0.5) is 11.4 Å². The Bertz CT molecular complexity index is 904. The van der Waals surface area contributed by atoms with E-state index in [-0.39, 0.29) is 11.8 Å². The smallest absolute Gasteiger partial charge is 0.228 e. The van der Waals surface area contributed by atoms with Crippen molar-refractivity contribution >= 4 is 17.3 Å². The van der Waals surface area contributed by atoms with Gasteiger partial charge in [-0.05, 0) is 37.5 Å². The van der Waals surface area contributed by atoms with Crippen LogP contribution in [-0.2, 0) is 17.8 Å². The molecule has 1 atom stereocenters. The Morgan fingerprint density at radius 2 is 2.04 bits per heavy atom. The van der Waals surface area contributed by atoms with Crippen molar-refractivity contribution in [2.45, 2.75) is 57.4 Å². The highest BCUT2D eigenvalue weighted by atomic mass is 16.1. The van der Waals surface area contributed by atoms with Crippen molar-refractivity contribution in [1.82, 2.24) is 9.55 Å². The van der Waals surface area contributed by atoms with Crippen LogP contribution in [0, 0.1) is 17.2 Å². The lowest BCUT2D eigenvalue weighted by molar-refractivity contribution is -0.120. The van der Waals surface area contributed by atoms with E-state index in [9.17, 15) is 4.79 Å². The highest BCUT2D eigenvalue weighted by molar-refractivity contribution is 5.96. The highest BCUT2D eigenvalue weighted by Crippen LogP contribution is 2.34. The number of anilines is 2. The zero-order valence-electron chi connectivity index (χ0n) is 16.4. The van der Waals surface area contributed by atoms with Gasteiger partial charge in [0.05, 0.1) is 23.0 Å². The molecule has 0 radical (unpaired) electrons. The molecule has 2 aromatic rings. The maximum atomic E-state index is 12.9. The maximum absolute atomic E-state index is 12.9. The molecule has 1 amide bonds. The quantitative estimate of drug-likeness (QED) is 0.842. The van der Waals surface area contributed by atoms with Gasteiger partial charge < -0.3 is 15.2 Å². The van der Waals surface area contributed by atoms with Crippen molar-refractivity contribution in [2.24, 2.45) is 5.92 Å². The van der Waals surface area contributed by atoms with Crippen molar-refractivity contribution < 1.29 is 4.79 Å². The van der Waals surface area contributed by atoms with E-state index >= 15 is 0 Å². The van der Waals surface area contributed by atoms with Crippen LogP contribution >= 0.6 is 0 Å². The van der Waals surface area contributed by atoms with E-state index < -0.39 is 0 Å². The first-order chi connectivity index (χ1) is 13.7. The number of hydrogen-bond acceptors (Lipinski definition) is 4. The van der Waals surface area contributed by atoms with Crippen molar-refractivity contribution in [3.05, 3.63) is 41.5 Å². The van der Waals surface area contributed by atoms with Crippen molar-refractivity contribution in [3.63, 3.8) is 0 Å². The minimum Gasteiger partial charge on any atom is -0.386 e. The second-order valence-corrected chi connectivity index (χ2v) is 7.90. The average Bonchev–Trinajstić information content (AvgIpc) is 3.17. The fourth-order valence-corrected chi connectivity index (χ4v) is 4.57. The first kappa shape index (κ1) is 18.5. The van der Waals surface area contributed by atoms with Crippen LogP contribution in [0.15, 0.2) is 24.4 Å². The number of rotatable bonds is 4. The summed E-state index contributed by atoms with van der Waals surface area (Å²) in [7, 11) is 1.81. The first-order valence-corrected chi connectivity index (χ1v) is 10.3. The molecule has 0 spiro atoms. The van der Waals surface area contributed by atoms with Crippen LogP contribution in [0.1, 0.15) is 61.5 Å². The summed E-state index contributed by atoms with van der Waals surface area (Å²) in [5, 5.41) is 15.2. The molecule has 1 aliphatic heterocycles. The van der Waals surface area contributed by atoms with Gasteiger partial charge in [0.15, 0.2) is 0 Å². The molecule has 2 heterocycles. The molecule has 1 aromatic carbocycles. The number of aromatic nitrogens is 2. The Morgan fingerprint density at radius 1 is 1.21 bits per heavy atom. The predicted octanol–water partition coefficient (Wildman–Crippen LogP) is 4.05. The van der Waals surface area contributed by atoms with E-state index in [4.69, 9.17) is 10.2 Å². The van der Waals surface area contributed by atoms with Gasteiger partial charge in [0.25, 0.3) is 0 Å². The Labute approximate surface area is 166 Å². The van der Waals surface area contributed by atoms with E-state index in [1.807, 2.05) is 19.3 Å². The topological polar surface area (TPSA) is 82.7 Å². The van der Waals surface area contributed by atoms with E-state index in [0.717, 1.165) is 25.1 Å². The maximum Gasteiger partial charge on any atom is 0.228 e. The lowest BCUT2D eigenvalue weighted by atomic mass is 9.88. The summed E-state index contributed by atoms with van der Waals surface area (Å²) in [5.41, 5.74) is 3.18. The highest BCUT2D eigenvalue weighted by Gasteiger charge is 2.29. The molecule has 146 valence electrons. The molecule has 1 unspecified atom stereocenters. The van der Waals surface area contributed by atoms with E-state index in [2.05, 4.69) is 21.3 Å². The van der Waals surface area contributed by atoms with Gasteiger partial charge in [-0.3, -0.25) is 4.79 Å². The van der Waals surface area contributed by atoms with Crippen LogP contribution in [-0.4, -0.2) is 22.5 Å². The molecular weight excluding hydrogens is 350 g/mol. The molecular formula is C22H27N5O. The largest absolute Gasteiger partial charge is 0.386 e. The second kappa shape index (κ2) is 8.05. The van der Waals surface area contributed by atoms with E-state index in [1.54, 1.807) is 12.1 Å². The lowest BCUT2D eigenvalue weighted by Gasteiger charge is -2.27. The van der Waals surface area contributed by atoms with E-state index in [0.29, 0.717) is 17.2 Å². The number of nitrogens with zero attached hydrogens (tertiary/aromatic N) is 3. The van der Waals surface area contributed by atoms with Crippen molar-refractivity contribution in [2.75, 3.05) is 17.7 Å². The van der Waals surface area contributed by atoms with Crippen molar-refractivity contribution in [3.8, 4) is 6.07 Å². The van der Waals surface area contributed by atoms with Gasteiger partial charge in [0.2, 0.25) is 5.91 Å². The number of hydrogen-bond donors (Lipinski definition) is 2. The lowest BCUT2D eigenvalue weighted by Crippen LogP contribution is -2.31. The molecule has 28 heavy (non-hydrogen) atoms. The third-order valence-corrected chi connectivity index (χ3v) is 6.14.